The van der Waals surface area contributed by atoms with E-state index in [4.69, 9.17) is 14.5 Å². The van der Waals surface area contributed by atoms with E-state index in [2.05, 4.69) is 56.5 Å². The number of hydrogen-bond acceptors (Lipinski definition) is 7. The summed E-state index contributed by atoms with van der Waals surface area (Å²) in [5, 5.41) is 2.47. The fraction of sp³-hybridized carbons (Fsp3) is 0.375. The van der Waals surface area contributed by atoms with E-state index in [0.717, 1.165) is 93.7 Å². The quantitative estimate of drug-likeness (QED) is 0.281. The molecule has 0 bridgehead atoms. The highest BCUT2D eigenvalue weighted by Gasteiger charge is 2.33. The van der Waals surface area contributed by atoms with Crippen LogP contribution in [0.1, 0.15) is 60.5 Å². The number of benzene rings is 2. The van der Waals surface area contributed by atoms with E-state index in [1.165, 1.54) is 6.42 Å². The van der Waals surface area contributed by atoms with Gasteiger partial charge >= 0.3 is 0 Å². The van der Waals surface area contributed by atoms with Crippen LogP contribution >= 0.6 is 0 Å². The Morgan fingerprint density at radius 3 is 2.07 bits per heavy atom. The van der Waals surface area contributed by atoms with E-state index in [9.17, 15) is 9.59 Å². The zero-order chi connectivity index (χ0) is 29.1. The monoisotopic (exact) mass is 579 g/mol. The van der Waals surface area contributed by atoms with Crippen molar-refractivity contribution in [1.82, 2.24) is 35.1 Å². The van der Waals surface area contributed by atoms with Crippen molar-refractivity contribution in [3.05, 3.63) is 59.4 Å². The van der Waals surface area contributed by atoms with Crippen LogP contribution in [-0.2, 0) is 22.8 Å². The van der Waals surface area contributed by atoms with Gasteiger partial charge in [-0.2, -0.15) is 0 Å². The standard InChI is InChI=1S/C32H33N7O4/c1-38-6-2-4-24(38)31-34-12-22(36-31)18-8-20-15-43-27-11-19(9-21-16-42-26(10-18)29(20)30(21)27)23-13-35-32(37-23)25-5-3-7-39(25)28(41)14-33-17-40/h8-13,17,24-25H,2-7,14-16H2,1H3,(H,33,40)(H,34,36)(H,35,37). The first kappa shape index (κ1) is 26.0. The Morgan fingerprint density at radius 1 is 0.907 bits per heavy atom. The molecule has 8 rings (SSSR count). The molecule has 4 aliphatic rings. The number of amides is 2. The fourth-order valence-electron chi connectivity index (χ4n) is 7.13. The number of nitrogens with one attached hydrogen (secondary N) is 3. The lowest BCUT2D eigenvalue weighted by molar-refractivity contribution is -0.132. The molecule has 6 heterocycles. The highest BCUT2D eigenvalue weighted by Crippen LogP contribution is 2.51. The number of imidazole rings is 2. The lowest BCUT2D eigenvalue weighted by atomic mass is 9.87. The average Bonchev–Trinajstić information content (AvgIpc) is 3.85. The molecule has 2 atom stereocenters. The molecule has 4 aliphatic heterocycles. The van der Waals surface area contributed by atoms with Gasteiger partial charge in [-0.3, -0.25) is 14.5 Å². The normalized spacial score (nSPS) is 20.4. The largest absolute Gasteiger partial charge is 0.488 e. The molecule has 43 heavy (non-hydrogen) atoms. The molecule has 2 fully saturated rings. The Balaban J connectivity index is 1.08. The summed E-state index contributed by atoms with van der Waals surface area (Å²) in [5.74, 6) is 3.35. The number of rotatable bonds is 7. The van der Waals surface area contributed by atoms with Crippen LogP contribution in [0.15, 0.2) is 36.7 Å². The third kappa shape index (κ3) is 4.37. The zero-order valence-electron chi connectivity index (χ0n) is 24.0. The van der Waals surface area contributed by atoms with Crippen molar-refractivity contribution < 1.29 is 19.1 Å². The summed E-state index contributed by atoms with van der Waals surface area (Å²) in [6, 6.07) is 8.69. The Kier molecular flexibility index (Phi) is 6.21. The molecule has 3 N–H and O–H groups in total. The number of aromatic nitrogens is 4. The molecule has 220 valence electrons. The van der Waals surface area contributed by atoms with Crippen molar-refractivity contribution in [3.8, 4) is 45.1 Å². The van der Waals surface area contributed by atoms with E-state index in [1.54, 1.807) is 4.90 Å². The summed E-state index contributed by atoms with van der Waals surface area (Å²) in [5.41, 5.74) is 8.21. The van der Waals surface area contributed by atoms with Gasteiger partial charge in [-0.1, -0.05) is 0 Å². The molecule has 0 radical (unpaired) electrons. The summed E-state index contributed by atoms with van der Waals surface area (Å²) < 4.78 is 12.7. The maximum absolute atomic E-state index is 12.6. The van der Waals surface area contributed by atoms with E-state index in [0.29, 0.717) is 32.2 Å². The van der Waals surface area contributed by atoms with Gasteiger partial charge in [0.1, 0.15) is 36.4 Å². The third-order valence-electron chi connectivity index (χ3n) is 9.26. The summed E-state index contributed by atoms with van der Waals surface area (Å²) in [6.45, 7) is 2.62. The maximum atomic E-state index is 12.6. The molecule has 2 aromatic carbocycles. The SMILES string of the molecule is CN1CCCC1c1ncc(-c2cc3c4c(c2)OCc2cc(-c5cnc(C6CCCN6C(=O)CNC=O)[nH]5)cc(c2-4)OC3)[nH]1. The van der Waals surface area contributed by atoms with Crippen molar-refractivity contribution in [1.29, 1.82) is 0 Å². The highest BCUT2D eigenvalue weighted by atomic mass is 16.5. The minimum Gasteiger partial charge on any atom is -0.488 e. The van der Waals surface area contributed by atoms with Gasteiger partial charge in [0.2, 0.25) is 12.3 Å². The maximum Gasteiger partial charge on any atom is 0.242 e. The van der Waals surface area contributed by atoms with Gasteiger partial charge in [0.05, 0.1) is 42.4 Å². The lowest BCUT2D eigenvalue weighted by Crippen LogP contribution is -2.37. The number of aromatic amines is 2. The first-order chi connectivity index (χ1) is 21.1. The number of likely N-dealkylation sites (tertiary alicyclic amines) is 2. The minimum atomic E-state index is -0.140. The van der Waals surface area contributed by atoms with Gasteiger partial charge in [-0.25, -0.2) is 9.97 Å². The Morgan fingerprint density at radius 2 is 1.49 bits per heavy atom. The van der Waals surface area contributed by atoms with Crippen LogP contribution in [0.4, 0.5) is 0 Å². The molecule has 11 heteroatoms. The number of H-pyrrole nitrogens is 2. The average molecular weight is 580 g/mol. The minimum absolute atomic E-state index is 0.00890. The number of hydrogen-bond donors (Lipinski definition) is 3. The lowest BCUT2D eigenvalue weighted by Gasteiger charge is -2.30. The summed E-state index contributed by atoms with van der Waals surface area (Å²) >= 11 is 0. The van der Waals surface area contributed by atoms with Crippen LogP contribution in [-0.4, -0.2) is 68.7 Å². The van der Waals surface area contributed by atoms with Gasteiger partial charge in [0, 0.05) is 39.9 Å². The fourth-order valence-corrected chi connectivity index (χ4v) is 7.13. The molecule has 2 amide bonds. The van der Waals surface area contributed by atoms with Crippen molar-refractivity contribution in [2.24, 2.45) is 0 Å². The second-order valence-corrected chi connectivity index (χ2v) is 11.8. The topological polar surface area (TPSA) is 128 Å². The van der Waals surface area contributed by atoms with E-state index in [1.807, 2.05) is 12.4 Å². The smallest absolute Gasteiger partial charge is 0.242 e. The molecule has 11 nitrogen and oxygen atoms in total. The van der Waals surface area contributed by atoms with Crippen molar-refractivity contribution in [2.75, 3.05) is 26.7 Å². The number of carbonyl (C=O) groups is 2. The number of nitrogens with zero attached hydrogens (tertiary/aromatic N) is 4. The highest BCUT2D eigenvalue weighted by molar-refractivity contribution is 5.88. The molecule has 2 unspecified atom stereocenters. The van der Waals surface area contributed by atoms with Gasteiger partial charge < -0.3 is 29.7 Å². The van der Waals surface area contributed by atoms with Crippen LogP contribution in [0.25, 0.3) is 33.6 Å². The van der Waals surface area contributed by atoms with Crippen LogP contribution in [0.5, 0.6) is 11.5 Å². The van der Waals surface area contributed by atoms with Crippen LogP contribution in [0, 0.1) is 0 Å². The van der Waals surface area contributed by atoms with Gasteiger partial charge in [-0.05, 0) is 63.5 Å². The Hall–Kier alpha value is -4.64. The van der Waals surface area contributed by atoms with E-state index >= 15 is 0 Å². The second-order valence-electron chi connectivity index (χ2n) is 11.8. The Labute approximate surface area is 248 Å². The third-order valence-corrected chi connectivity index (χ3v) is 9.26. The molecular weight excluding hydrogens is 546 g/mol. The van der Waals surface area contributed by atoms with Crippen LogP contribution < -0.4 is 14.8 Å². The van der Waals surface area contributed by atoms with E-state index < -0.39 is 0 Å². The summed E-state index contributed by atoms with van der Waals surface area (Å²) in [4.78, 5) is 43.8. The number of carbonyl (C=O) groups excluding carboxylic acids is 2. The van der Waals surface area contributed by atoms with Crippen molar-refractivity contribution in [2.45, 2.75) is 51.0 Å². The molecule has 2 aromatic heterocycles. The molecule has 0 spiro atoms. The Bertz CT molecular complexity index is 1690. The second kappa shape index (κ2) is 10.3. The van der Waals surface area contributed by atoms with Crippen LogP contribution in [0.3, 0.4) is 0 Å². The predicted molar refractivity (Wildman–Crippen MR) is 158 cm³/mol. The first-order valence-electron chi connectivity index (χ1n) is 14.9. The molecule has 2 saturated heterocycles. The first-order valence-corrected chi connectivity index (χ1v) is 14.9. The van der Waals surface area contributed by atoms with Crippen LogP contribution in [0.2, 0.25) is 0 Å². The molecule has 0 saturated carbocycles. The zero-order valence-corrected chi connectivity index (χ0v) is 24.0. The summed E-state index contributed by atoms with van der Waals surface area (Å²) in [6.07, 6.45) is 8.32. The number of ether oxygens (including phenoxy) is 2. The van der Waals surface area contributed by atoms with Crippen molar-refractivity contribution in [3.63, 3.8) is 0 Å². The molecule has 4 aromatic rings. The molecular formula is C32H33N7O4. The van der Waals surface area contributed by atoms with Crippen molar-refractivity contribution >= 4 is 12.3 Å². The van der Waals surface area contributed by atoms with Gasteiger partial charge in [0.15, 0.2) is 0 Å². The summed E-state index contributed by atoms with van der Waals surface area (Å²) in [7, 11) is 2.16. The van der Waals surface area contributed by atoms with Gasteiger partial charge in [0.25, 0.3) is 0 Å². The van der Waals surface area contributed by atoms with E-state index in [-0.39, 0.29) is 18.5 Å². The predicted octanol–water partition coefficient (Wildman–Crippen LogP) is 4.09. The molecule has 0 aliphatic carbocycles. The van der Waals surface area contributed by atoms with Gasteiger partial charge in [-0.15, -0.1) is 0 Å².